The number of furan rings is 1. The Kier molecular flexibility index (Phi) is 4.56. The predicted octanol–water partition coefficient (Wildman–Crippen LogP) is 3.79. The minimum absolute atomic E-state index is 0.0893. The maximum Gasteiger partial charge on any atom is 0.284 e. The average Bonchev–Trinajstić information content (AvgIpc) is 3.42. The maximum atomic E-state index is 13.0. The first kappa shape index (κ1) is 16.0. The van der Waals surface area contributed by atoms with Crippen molar-refractivity contribution in [2.24, 2.45) is 0 Å². The van der Waals surface area contributed by atoms with Gasteiger partial charge in [0.25, 0.3) is 11.1 Å². The number of likely N-dealkylation sites (tertiary alicyclic amines) is 1. The summed E-state index contributed by atoms with van der Waals surface area (Å²) in [6.45, 7) is 1.62. The molecule has 1 saturated heterocycles. The lowest BCUT2D eigenvalue weighted by molar-refractivity contribution is -0.129. The van der Waals surface area contributed by atoms with Gasteiger partial charge >= 0.3 is 0 Å². The van der Waals surface area contributed by atoms with Crippen LogP contribution >= 0.6 is 11.8 Å². The van der Waals surface area contributed by atoms with Crippen molar-refractivity contribution in [1.82, 2.24) is 15.1 Å². The lowest BCUT2D eigenvalue weighted by Gasteiger charge is -2.22. The second kappa shape index (κ2) is 7.14. The zero-order chi connectivity index (χ0) is 17.1. The van der Waals surface area contributed by atoms with E-state index in [1.54, 1.807) is 18.4 Å². The Bertz CT molecular complexity index is 826. The molecule has 1 fully saturated rings. The molecule has 1 aromatic carbocycles. The van der Waals surface area contributed by atoms with Gasteiger partial charge < -0.3 is 13.7 Å². The van der Waals surface area contributed by atoms with Crippen molar-refractivity contribution in [3.63, 3.8) is 0 Å². The molecule has 0 spiro atoms. The number of nitrogens with zero attached hydrogens (tertiary/aromatic N) is 3. The molecule has 0 bridgehead atoms. The van der Waals surface area contributed by atoms with E-state index in [2.05, 4.69) is 10.2 Å². The van der Waals surface area contributed by atoms with E-state index in [1.165, 1.54) is 11.8 Å². The molecule has 1 atom stereocenters. The second-order valence-corrected chi connectivity index (χ2v) is 6.85. The van der Waals surface area contributed by atoms with Gasteiger partial charge in [0, 0.05) is 13.1 Å². The first-order valence-corrected chi connectivity index (χ1v) is 9.07. The molecular weight excluding hydrogens is 338 g/mol. The Labute approximate surface area is 149 Å². The highest BCUT2D eigenvalue weighted by molar-refractivity contribution is 8.00. The first-order valence-electron chi connectivity index (χ1n) is 8.19. The van der Waals surface area contributed by atoms with Gasteiger partial charge in [-0.1, -0.05) is 30.3 Å². The SMILES string of the molecule is O=C([C@H](Sc1nnc(-c2ccco2)o1)c1ccccc1)N1CCCC1. The van der Waals surface area contributed by atoms with E-state index in [4.69, 9.17) is 8.83 Å². The van der Waals surface area contributed by atoms with E-state index < -0.39 is 5.25 Å². The van der Waals surface area contributed by atoms with Crippen LogP contribution in [0.3, 0.4) is 0 Å². The number of thioether (sulfide) groups is 1. The molecule has 2 aromatic heterocycles. The zero-order valence-corrected chi connectivity index (χ0v) is 14.3. The molecule has 4 rings (SSSR count). The summed E-state index contributed by atoms with van der Waals surface area (Å²) in [5.41, 5.74) is 0.933. The molecule has 25 heavy (non-hydrogen) atoms. The van der Waals surface area contributed by atoms with E-state index in [0.29, 0.717) is 16.9 Å². The van der Waals surface area contributed by atoms with Crippen LogP contribution in [0, 0.1) is 0 Å². The van der Waals surface area contributed by atoms with Crippen molar-refractivity contribution in [2.45, 2.75) is 23.3 Å². The van der Waals surface area contributed by atoms with Gasteiger partial charge in [0.2, 0.25) is 5.91 Å². The van der Waals surface area contributed by atoms with Crippen molar-refractivity contribution < 1.29 is 13.6 Å². The summed E-state index contributed by atoms with van der Waals surface area (Å²) in [7, 11) is 0. The number of hydrogen-bond acceptors (Lipinski definition) is 6. The molecule has 6 nitrogen and oxygen atoms in total. The summed E-state index contributed by atoms with van der Waals surface area (Å²) in [6, 6.07) is 13.2. The summed E-state index contributed by atoms with van der Waals surface area (Å²) >= 11 is 1.28. The minimum Gasteiger partial charge on any atom is -0.459 e. The van der Waals surface area contributed by atoms with E-state index in [-0.39, 0.29) is 5.91 Å². The van der Waals surface area contributed by atoms with Crippen molar-refractivity contribution in [3.05, 3.63) is 54.3 Å². The third-order valence-electron chi connectivity index (χ3n) is 4.10. The van der Waals surface area contributed by atoms with Gasteiger partial charge in [-0.05, 0) is 42.3 Å². The largest absolute Gasteiger partial charge is 0.459 e. The van der Waals surface area contributed by atoms with Crippen LogP contribution in [0.15, 0.2) is 62.8 Å². The Hall–Kier alpha value is -2.54. The molecule has 3 aromatic rings. The molecular formula is C18H17N3O3S. The summed E-state index contributed by atoms with van der Waals surface area (Å²) in [6.07, 6.45) is 3.66. The van der Waals surface area contributed by atoms with Gasteiger partial charge in [0.05, 0.1) is 6.26 Å². The van der Waals surface area contributed by atoms with Crippen LogP contribution in [-0.2, 0) is 4.79 Å². The lowest BCUT2D eigenvalue weighted by Crippen LogP contribution is -2.31. The Morgan fingerprint density at radius 3 is 2.60 bits per heavy atom. The van der Waals surface area contributed by atoms with Crippen LogP contribution in [0.1, 0.15) is 23.7 Å². The fraction of sp³-hybridized carbons (Fsp3) is 0.278. The molecule has 0 aliphatic carbocycles. The van der Waals surface area contributed by atoms with Gasteiger partial charge in [-0.15, -0.1) is 10.2 Å². The van der Waals surface area contributed by atoms with E-state index in [9.17, 15) is 4.79 Å². The molecule has 1 amide bonds. The van der Waals surface area contributed by atoms with Crippen LogP contribution in [0.2, 0.25) is 0 Å². The number of amides is 1. The van der Waals surface area contributed by atoms with Crippen molar-refractivity contribution in [1.29, 1.82) is 0 Å². The topological polar surface area (TPSA) is 72.4 Å². The lowest BCUT2D eigenvalue weighted by atomic mass is 10.1. The third kappa shape index (κ3) is 3.46. The van der Waals surface area contributed by atoms with Crippen LogP contribution in [0.4, 0.5) is 0 Å². The Morgan fingerprint density at radius 2 is 1.88 bits per heavy atom. The highest BCUT2D eigenvalue weighted by Gasteiger charge is 2.30. The van der Waals surface area contributed by atoms with Gasteiger partial charge in [0.1, 0.15) is 5.25 Å². The molecule has 1 aliphatic heterocycles. The molecule has 128 valence electrons. The fourth-order valence-electron chi connectivity index (χ4n) is 2.85. The van der Waals surface area contributed by atoms with Crippen LogP contribution < -0.4 is 0 Å². The molecule has 1 aliphatic rings. The second-order valence-electron chi connectivity index (χ2n) is 5.79. The molecule has 7 heteroatoms. The van der Waals surface area contributed by atoms with E-state index >= 15 is 0 Å². The van der Waals surface area contributed by atoms with E-state index in [0.717, 1.165) is 31.5 Å². The monoisotopic (exact) mass is 355 g/mol. The number of hydrogen-bond donors (Lipinski definition) is 0. The average molecular weight is 355 g/mol. The number of rotatable bonds is 5. The normalized spacial score (nSPS) is 15.4. The highest BCUT2D eigenvalue weighted by Crippen LogP contribution is 2.37. The van der Waals surface area contributed by atoms with Crippen molar-refractivity contribution >= 4 is 17.7 Å². The summed E-state index contributed by atoms with van der Waals surface area (Å²) < 4.78 is 10.9. The molecule has 0 saturated carbocycles. The Morgan fingerprint density at radius 1 is 1.08 bits per heavy atom. The quantitative estimate of drug-likeness (QED) is 0.649. The molecule has 0 radical (unpaired) electrons. The number of carbonyl (C=O) groups is 1. The molecule has 0 N–H and O–H groups in total. The van der Waals surface area contributed by atoms with Crippen LogP contribution in [0.5, 0.6) is 0 Å². The maximum absolute atomic E-state index is 13.0. The van der Waals surface area contributed by atoms with Crippen molar-refractivity contribution in [2.75, 3.05) is 13.1 Å². The molecule has 0 unspecified atom stereocenters. The first-order chi connectivity index (χ1) is 12.3. The Balaban J connectivity index is 1.59. The smallest absolute Gasteiger partial charge is 0.284 e. The standard InChI is InChI=1S/C18H17N3O3S/c22-17(21-10-4-5-11-21)15(13-7-2-1-3-8-13)25-18-20-19-16(24-18)14-9-6-12-23-14/h1-3,6-9,12,15H,4-5,10-11H2/t15-/m1/s1. The van der Waals surface area contributed by atoms with Gasteiger partial charge in [-0.3, -0.25) is 4.79 Å². The van der Waals surface area contributed by atoms with Crippen molar-refractivity contribution in [3.8, 4) is 11.7 Å². The third-order valence-corrected chi connectivity index (χ3v) is 5.18. The van der Waals surface area contributed by atoms with Gasteiger partial charge in [-0.25, -0.2) is 0 Å². The summed E-state index contributed by atoms with van der Waals surface area (Å²) in [5, 5.41) is 8.02. The van der Waals surface area contributed by atoms with Crippen LogP contribution in [-0.4, -0.2) is 34.1 Å². The van der Waals surface area contributed by atoms with Gasteiger partial charge in [0.15, 0.2) is 5.76 Å². The number of aromatic nitrogens is 2. The fourth-order valence-corrected chi connectivity index (χ4v) is 3.81. The van der Waals surface area contributed by atoms with Crippen LogP contribution in [0.25, 0.3) is 11.7 Å². The van der Waals surface area contributed by atoms with E-state index in [1.807, 2.05) is 35.2 Å². The summed E-state index contributed by atoms with van der Waals surface area (Å²) in [5.74, 6) is 0.917. The minimum atomic E-state index is -0.399. The predicted molar refractivity (Wildman–Crippen MR) is 92.9 cm³/mol. The molecule has 3 heterocycles. The zero-order valence-electron chi connectivity index (χ0n) is 13.5. The number of benzene rings is 1. The summed E-state index contributed by atoms with van der Waals surface area (Å²) in [4.78, 5) is 14.9. The highest BCUT2D eigenvalue weighted by atomic mass is 32.2. The van der Waals surface area contributed by atoms with Gasteiger partial charge in [-0.2, -0.15) is 0 Å². The number of carbonyl (C=O) groups excluding carboxylic acids is 1.